The monoisotopic (exact) mass is 593 g/mol. The number of halogens is 2. The van der Waals surface area contributed by atoms with E-state index >= 15 is 0 Å². The number of esters is 1. The van der Waals surface area contributed by atoms with Crippen LogP contribution in [0.5, 0.6) is 11.5 Å². The molecule has 1 aliphatic heterocycles. The highest BCUT2D eigenvalue weighted by molar-refractivity contribution is 9.11. The Balaban J connectivity index is 1.35. The lowest BCUT2D eigenvalue weighted by molar-refractivity contribution is -0.136. The van der Waals surface area contributed by atoms with Gasteiger partial charge in [0.05, 0.1) is 22.3 Å². The average molecular weight is 595 g/mol. The van der Waals surface area contributed by atoms with Crippen LogP contribution in [0.25, 0.3) is 10.8 Å². The second-order valence-electron chi connectivity index (χ2n) is 7.89. The number of rotatable bonds is 6. The molecule has 0 radical (unpaired) electrons. The van der Waals surface area contributed by atoms with Crippen LogP contribution in [0, 0.1) is 0 Å². The number of anilines is 1. The molecule has 1 aliphatic rings. The molecule has 8 heteroatoms. The highest BCUT2D eigenvalue weighted by atomic mass is 79.9. The summed E-state index contributed by atoms with van der Waals surface area (Å²) in [6, 6.07) is 23.7. The molecule has 1 heterocycles. The molecule has 0 bridgehead atoms. The molecule has 0 atom stereocenters. The number of fused-ring (bicyclic) bond motifs is 2. The van der Waals surface area contributed by atoms with Gasteiger partial charge in [-0.1, -0.05) is 58.4 Å². The van der Waals surface area contributed by atoms with E-state index in [9.17, 15) is 14.4 Å². The van der Waals surface area contributed by atoms with E-state index < -0.39 is 17.7 Å². The fourth-order valence-corrected chi connectivity index (χ4v) is 5.36. The minimum atomic E-state index is -0.626. The number of amides is 1. The van der Waals surface area contributed by atoms with Gasteiger partial charge in [-0.25, -0.2) is 4.79 Å². The Bertz CT molecular complexity index is 1500. The molecule has 0 aromatic heterocycles. The van der Waals surface area contributed by atoms with Crippen LogP contribution >= 0.6 is 31.9 Å². The third-order valence-electron chi connectivity index (χ3n) is 5.59. The summed E-state index contributed by atoms with van der Waals surface area (Å²) in [6.07, 6.45) is 0. The van der Waals surface area contributed by atoms with Crippen molar-refractivity contribution in [3.05, 3.63) is 98.9 Å². The molecule has 0 saturated heterocycles. The van der Waals surface area contributed by atoms with Crippen LogP contribution in [0.4, 0.5) is 5.69 Å². The lowest BCUT2D eigenvalue weighted by atomic mass is 10.1. The molecule has 0 aliphatic carbocycles. The lowest BCUT2D eigenvalue weighted by Crippen LogP contribution is -2.29. The van der Waals surface area contributed by atoms with Crippen LogP contribution in [-0.2, 0) is 16.1 Å². The van der Waals surface area contributed by atoms with Gasteiger partial charge in [-0.2, -0.15) is 0 Å². The second-order valence-corrected chi connectivity index (χ2v) is 9.66. The summed E-state index contributed by atoms with van der Waals surface area (Å²) in [5, 5.41) is 2.07. The SMILES string of the molecule is O=C(COc1ccc2ccccc2c1)Oc1c(Br)cc(Br)cc1CN1C(=O)C(=O)c2ccccc21. The van der Waals surface area contributed by atoms with Crippen molar-refractivity contribution >= 4 is 66.0 Å². The maximum atomic E-state index is 12.7. The number of hydrogen-bond donors (Lipinski definition) is 0. The first-order valence-corrected chi connectivity index (χ1v) is 12.2. The van der Waals surface area contributed by atoms with Crippen LogP contribution in [0.15, 0.2) is 87.8 Å². The summed E-state index contributed by atoms with van der Waals surface area (Å²) >= 11 is 6.88. The Hall–Kier alpha value is -3.49. The predicted molar refractivity (Wildman–Crippen MR) is 139 cm³/mol. The second kappa shape index (κ2) is 9.64. The highest BCUT2D eigenvalue weighted by Gasteiger charge is 2.36. The number of ketones is 1. The highest BCUT2D eigenvalue weighted by Crippen LogP contribution is 2.37. The van der Waals surface area contributed by atoms with E-state index in [2.05, 4.69) is 31.9 Å². The molecule has 4 aromatic carbocycles. The van der Waals surface area contributed by atoms with Crippen molar-refractivity contribution in [3.63, 3.8) is 0 Å². The number of benzene rings is 4. The zero-order chi connectivity index (χ0) is 24.5. The Morgan fingerprint density at radius 1 is 0.857 bits per heavy atom. The molecule has 1 amide bonds. The first-order chi connectivity index (χ1) is 16.9. The molecule has 0 saturated carbocycles. The van der Waals surface area contributed by atoms with Gasteiger partial charge in [-0.05, 0) is 63.1 Å². The maximum Gasteiger partial charge on any atom is 0.349 e. The van der Waals surface area contributed by atoms with Crippen molar-refractivity contribution in [2.45, 2.75) is 6.54 Å². The molecular weight excluding hydrogens is 578 g/mol. The Morgan fingerprint density at radius 3 is 2.43 bits per heavy atom. The molecule has 4 aromatic rings. The fourth-order valence-electron chi connectivity index (χ4n) is 3.96. The zero-order valence-electron chi connectivity index (χ0n) is 18.2. The molecule has 0 N–H and O–H groups in total. The maximum absolute atomic E-state index is 12.7. The van der Waals surface area contributed by atoms with Gasteiger partial charge >= 0.3 is 5.97 Å². The lowest BCUT2D eigenvalue weighted by Gasteiger charge is -2.20. The number of ether oxygens (including phenoxy) is 2. The van der Waals surface area contributed by atoms with Gasteiger partial charge < -0.3 is 14.4 Å². The third-order valence-corrected chi connectivity index (χ3v) is 6.63. The van der Waals surface area contributed by atoms with E-state index in [1.54, 1.807) is 42.5 Å². The fraction of sp³-hybridized carbons (Fsp3) is 0.0741. The number of hydrogen-bond acceptors (Lipinski definition) is 5. The molecule has 5 rings (SSSR count). The molecule has 0 unspecified atom stereocenters. The summed E-state index contributed by atoms with van der Waals surface area (Å²) in [4.78, 5) is 39.1. The number of nitrogens with zero attached hydrogens (tertiary/aromatic N) is 1. The van der Waals surface area contributed by atoms with Crippen LogP contribution in [0.3, 0.4) is 0 Å². The van der Waals surface area contributed by atoms with Crippen molar-refractivity contribution in [2.75, 3.05) is 11.5 Å². The van der Waals surface area contributed by atoms with Crippen LogP contribution in [-0.4, -0.2) is 24.3 Å². The van der Waals surface area contributed by atoms with E-state index in [4.69, 9.17) is 9.47 Å². The van der Waals surface area contributed by atoms with E-state index in [1.165, 1.54) is 4.90 Å². The largest absolute Gasteiger partial charge is 0.482 e. The Morgan fingerprint density at radius 2 is 1.60 bits per heavy atom. The number of Topliss-reactive ketones (excluding diaryl/α,β-unsaturated/α-hetero) is 1. The van der Waals surface area contributed by atoms with Crippen molar-refractivity contribution in [3.8, 4) is 11.5 Å². The Kier molecular flexibility index (Phi) is 6.40. The van der Waals surface area contributed by atoms with Crippen LogP contribution in [0.1, 0.15) is 15.9 Å². The summed E-state index contributed by atoms with van der Waals surface area (Å²) in [6.45, 7) is -0.252. The van der Waals surface area contributed by atoms with Crippen molar-refractivity contribution in [2.24, 2.45) is 0 Å². The van der Waals surface area contributed by atoms with Crippen molar-refractivity contribution in [1.82, 2.24) is 0 Å². The van der Waals surface area contributed by atoms with Gasteiger partial charge in [0, 0.05) is 10.0 Å². The quantitative estimate of drug-likeness (QED) is 0.154. The third kappa shape index (κ3) is 4.72. The predicted octanol–water partition coefficient (Wildman–Crippen LogP) is 6.08. The van der Waals surface area contributed by atoms with E-state index in [0.717, 1.165) is 15.2 Å². The van der Waals surface area contributed by atoms with Crippen molar-refractivity contribution < 1.29 is 23.9 Å². The molecule has 0 spiro atoms. The van der Waals surface area contributed by atoms with Gasteiger partial charge in [0.1, 0.15) is 11.5 Å². The van der Waals surface area contributed by atoms with Crippen LogP contribution in [0.2, 0.25) is 0 Å². The van der Waals surface area contributed by atoms with E-state index in [-0.39, 0.29) is 18.9 Å². The minimum absolute atomic E-state index is 0.0494. The molecule has 0 fully saturated rings. The Labute approximate surface area is 217 Å². The summed E-state index contributed by atoms with van der Waals surface area (Å²) in [7, 11) is 0. The zero-order valence-corrected chi connectivity index (χ0v) is 21.3. The first kappa shape index (κ1) is 23.3. The molecular formula is C27H17Br2NO5. The number of carbonyl (C=O) groups excluding carboxylic acids is 3. The van der Waals surface area contributed by atoms with Gasteiger partial charge in [0.2, 0.25) is 0 Å². The van der Waals surface area contributed by atoms with Crippen LogP contribution < -0.4 is 14.4 Å². The van der Waals surface area contributed by atoms with E-state index in [1.807, 2.05) is 36.4 Å². The minimum Gasteiger partial charge on any atom is -0.482 e. The van der Waals surface area contributed by atoms with Gasteiger partial charge in [0.15, 0.2) is 6.61 Å². The molecule has 6 nitrogen and oxygen atoms in total. The number of para-hydroxylation sites is 1. The topological polar surface area (TPSA) is 72.9 Å². The van der Waals surface area contributed by atoms with Gasteiger partial charge in [0.25, 0.3) is 11.7 Å². The van der Waals surface area contributed by atoms with E-state index in [0.29, 0.717) is 27.0 Å². The standard InChI is InChI=1S/C27H17Br2NO5/c28-19-11-18(14-30-23-8-4-3-7-21(23)25(32)27(30)33)26(22(29)13-19)35-24(31)15-34-20-10-9-16-5-1-2-6-17(16)12-20/h1-13H,14-15H2. The normalized spacial score (nSPS) is 12.7. The first-order valence-electron chi connectivity index (χ1n) is 10.7. The number of carbonyl (C=O) groups is 3. The van der Waals surface area contributed by atoms with Gasteiger partial charge in [-0.15, -0.1) is 0 Å². The summed E-state index contributed by atoms with van der Waals surface area (Å²) in [5.74, 6) is -0.985. The van der Waals surface area contributed by atoms with Crippen molar-refractivity contribution in [1.29, 1.82) is 0 Å². The van der Waals surface area contributed by atoms with Gasteiger partial charge in [-0.3, -0.25) is 9.59 Å². The molecule has 35 heavy (non-hydrogen) atoms. The summed E-state index contributed by atoms with van der Waals surface area (Å²) < 4.78 is 12.5. The smallest absolute Gasteiger partial charge is 0.349 e. The average Bonchev–Trinajstić information content (AvgIpc) is 3.09. The molecule has 174 valence electrons. The summed E-state index contributed by atoms with van der Waals surface area (Å²) in [5.41, 5.74) is 1.42.